The molecule has 1 aliphatic heterocycles. The van der Waals surface area contributed by atoms with Crippen LogP contribution in [-0.4, -0.2) is 56.7 Å². The van der Waals surface area contributed by atoms with Gasteiger partial charge >= 0.3 is 0 Å². The SMILES string of the molecule is Clc1ccc2nc(N3CCN(C4CCCCC4)CC3)c3nncn3c2c1. The summed E-state index contributed by atoms with van der Waals surface area (Å²) >= 11 is 6.17. The maximum Gasteiger partial charge on any atom is 0.204 e. The molecule has 1 saturated heterocycles. The fourth-order valence-electron chi connectivity index (χ4n) is 4.47. The molecule has 1 saturated carbocycles. The van der Waals surface area contributed by atoms with Crippen molar-refractivity contribution in [2.75, 3.05) is 31.1 Å². The van der Waals surface area contributed by atoms with Crippen LogP contribution in [0.4, 0.5) is 5.82 Å². The second kappa shape index (κ2) is 6.67. The van der Waals surface area contributed by atoms with Gasteiger partial charge in [0.1, 0.15) is 6.33 Å². The topological polar surface area (TPSA) is 49.6 Å². The van der Waals surface area contributed by atoms with Crippen LogP contribution in [0.2, 0.25) is 5.02 Å². The Balaban J connectivity index is 1.44. The van der Waals surface area contributed by atoms with Crippen molar-refractivity contribution in [2.24, 2.45) is 0 Å². The highest BCUT2D eigenvalue weighted by atomic mass is 35.5. The molecule has 0 unspecified atom stereocenters. The maximum atomic E-state index is 6.17. The quantitative estimate of drug-likeness (QED) is 0.692. The molecule has 0 amide bonds. The summed E-state index contributed by atoms with van der Waals surface area (Å²) < 4.78 is 2.00. The van der Waals surface area contributed by atoms with Gasteiger partial charge in [-0.15, -0.1) is 10.2 Å². The first kappa shape index (κ1) is 16.3. The van der Waals surface area contributed by atoms with Gasteiger partial charge in [0.05, 0.1) is 11.0 Å². The van der Waals surface area contributed by atoms with E-state index in [2.05, 4.69) is 20.0 Å². The molecule has 0 N–H and O–H groups in total. The third-order valence-electron chi connectivity index (χ3n) is 5.88. The minimum absolute atomic E-state index is 0.697. The zero-order valence-electron chi connectivity index (χ0n) is 14.8. The summed E-state index contributed by atoms with van der Waals surface area (Å²) in [5, 5.41) is 9.15. The molecule has 2 aromatic heterocycles. The third-order valence-corrected chi connectivity index (χ3v) is 6.11. The van der Waals surface area contributed by atoms with Crippen LogP contribution in [0.5, 0.6) is 0 Å². The Labute approximate surface area is 157 Å². The summed E-state index contributed by atoms with van der Waals surface area (Å²) in [6.45, 7) is 4.19. The Morgan fingerprint density at radius 2 is 1.81 bits per heavy atom. The fourth-order valence-corrected chi connectivity index (χ4v) is 4.64. The first-order valence-electron chi connectivity index (χ1n) is 9.57. The molecule has 3 heterocycles. The van der Waals surface area contributed by atoms with Crippen molar-refractivity contribution in [1.29, 1.82) is 0 Å². The maximum absolute atomic E-state index is 6.17. The van der Waals surface area contributed by atoms with Crippen LogP contribution in [0.1, 0.15) is 32.1 Å². The van der Waals surface area contributed by atoms with E-state index in [9.17, 15) is 0 Å². The van der Waals surface area contributed by atoms with Crippen LogP contribution in [0.15, 0.2) is 24.5 Å². The Morgan fingerprint density at radius 1 is 1.00 bits per heavy atom. The second-order valence-electron chi connectivity index (χ2n) is 7.41. The molecule has 26 heavy (non-hydrogen) atoms. The highest BCUT2D eigenvalue weighted by Crippen LogP contribution is 2.28. The summed E-state index contributed by atoms with van der Waals surface area (Å²) in [5.41, 5.74) is 2.68. The number of aromatic nitrogens is 4. The second-order valence-corrected chi connectivity index (χ2v) is 7.84. The van der Waals surface area contributed by atoms with E-state index in [1.807, 2.05) is 22.6 Å². The molecule has 5 rings (SSSR count). The minimum Gasteiger partial charge on any atom is -0.351 e. The minimum atomic E-state index is 0.697. The lowest BCUT2D eigenvalue weighted by atomic mass is 9.94. The number of rotatable bonds is 2. The van der Waals surface area contributed by atoms with E-state index in [4.69, 9.17) is 16.6 Å². The van der Waals surface area contributed by atoms with Gasteiger partial charge in [0.2, 0.25) is 5.65 Å². The highest BCUT2D eigenvalue weighted by molar-refractivity contribution is 6.31. The molecule has 2 fully saturated rings. The van der Waals surface area contributed by atoms with Crippen molar-refractivity contribution in [3.05, 3.63) is 29.5 Å². The average Bonchev–Trinajstić information content (AvgIpc) is 3.19. The van der Waals surface area contributed by atoms with E-state index in [1.54, 1.807) is 6.33 Å². The normalized spacial score (nSPS) is 20.3. The summed E-state index contributed by atoms with van der Waals surface area (Å²) in [6, 6.07) is 6.56. The van der Waals surface area contributed by atoms with Crippen molar-refractivity contribution in [3.63, 3.8) is 0 Å². The first-order valence-corrected chi connectivity index (χ1v) is 9.95. The monoisotopic (exact) mass is 370 g/mol. The van der Waals surface area contributed by atoms with Gasteiger partial charge in [-0.1, -0.05) is 30.9 Å². The van der Waals surface area contributed by atoms with E-state index in [0.29, 0.717) is 5.02 Å². The van der Waals surface area contributed by atoms with Gasteiger partial charge in [0.15, 0.2) is 5.82 Å². The Hall–Kier alpha value is -1.92. The summed E-state index contributed by atoms with van der Waals surface area (Å²) in [6.07, 6.45) is 8.66. The number of benzene rings is 1. The van der Waals surface area contributed by atoms with E-state index < -0.39 is 0 Å². The molecule has 6 nitrogen and oxygen atoms in total. The Morgan fingerprint density at radius 3 is 2.62 bits per heavy atom. The van der Waals surface area contributed by atoms with Crippen LogP contribution in [-0.2, 0) is 0 Å². The lowest BCUT2D eigenvalue weighted by molar-refractivity contribution is 0.148. The van der Waals surface area contributed by atoms with Gasteiger partial charge in [0, 0.05) is 37.2 Å². The van der Waals surface area contributed by atoms with Crippen LogP contribution >= 0.6 is 11.6 Å². The molecule has 0 atom stereocenters. The van der Waals surface area contributed by atoms with E-state index in [0.717, 1.165) is 54.7 Å². The number of hydrogen-bond donors (Lipinski definition) is 0. The molecule has 1 aromatic carbocycles. The lowest BCUT2D eigenvalue weighted by Crippen LogP contribution is -2.51. The van der Waals surface area contributed by atoms with Crippen LogP contribution in [0.3, 0.4) is 0 Å². The molecule has 0 bridgehead atoms. The number of anilines is 1. The molecular weight excluding hydrogens is 348 g/mol. The molecular formula is C19H23ClN6. The van der Waals surface area contributed by atoms with Crippen LogP contribution in [0.25, 0.3) is 16.7 Å². The Bertz CT molecular complexity index is 924. The van der Waals surface area contributed by atoms with Gasteiger partial charge in [0.25, 0.3) is 0 Å². The average molecular weight is 371 g/mol. The van der Waals surface area contributed by atoms with E-state index in [1.165, 1.54) is 32.1 Å². The first-order chi connectivity index (χ1) is 12.8. The zero-order chi connectivity index (χ0) is 17.5. The zero-order valence-corrected chi connectivity index (χ0v) is 15.6. The number of hydrogen-bond acceptors (Lipinski definition) is 5. The van der Waals surface area contributed by atoms with Crippen molar-refractivity contribution in [1.82, 2.24) is 24.5 Å². The fraction of sp³-hybridized carbons (Fsp3) is 0.526. The smallest absolute Gasteiger partial charge is 0.204 e. The van der Waals surface area contributed by atoms with Crippen molar-refractivity contribution in [2.45, 2.75) is 38.1 Å². The molecule has 3 aromatic rings. The van der Waals surface area contributed by atoms with E-state index >= 15 is 0 Å². The predicted octanol–water partition coefficient (Wildman–Crippen LogP) is 3.39. The molecule has 0 spiro atoms. The number of nitrogens with zero attached hydrogens (tertiary/aromatic N) is 6. The molecule has 1 aliphatic carbocycles. The number of piperazine rings is 1. The molecule has 136 valence electrons. The summed E-state index contributed by atoms with van der Waals surface area (Å²) in [7, 11) is 0. The van der Waals surface area contributed by atoms with Crippen molar-refractivity contribution >= 4 is 34.1 Å². The number of fused-ring (bicyclic) bond motifs is 3. The molecule has 7 heteroatoms. The van der Waals surface area contributed by atoms with E-state index in [-0.39, 0.29) is 0 Å². The number of halogens is 1. The summed E-state index contributed by atoms with van der Waals surface area (Å²) in [5.74, 6) is 0.931. The van der Waals surface area contributed by atoms with Gasteiger partial charge < -0.3 is 4.90 Å². The molecule has 2 aliphatic rings. The van der Waals surface area contributed by atoms with Gasteiger partial charge in [-0.25, -0.2) is 4.98 Å². The third kappa shape index (κ3) is 2.81. The van der Waals surface area contributed by atoms with Gasteiger partial charge in [-0.2, -0.15) is 0 Å². The highest BCUT2D eigenvalue weighted by Gasteiger charge is 2.27. The van der Waals surface area contributed by atoms with Crippen molar-refractivity contribution in [3.8, 4) is 0 Å². The Kier molecular flexibility index (Phi) is 4.17. The predicted molar refractivity (Wildman–Crippen MR) is 104 cm³/mol. The summed E-state index contributed by atoms with van der Waals surface area (Å²) in [4.78, 5) is 9.94. The van der Waals surface area contributed by atoms with Crippen LogP contribution < -0.4 is 4.90 Å². The molecule has 0 radical (unpaired) electrons. The standard InChI is InChI=1S/C19H23ClN6/c20-14-6-7-16-17(12-14)26-13-21-23-19(26)18(22-16)25-10-8-24(9-11-25)15-4-2-1-3-5-15/h6-7,12-13,15H,1-5,8-11H2. The van der Waals surface area contributed by atoms with Crippen molar-refractivity contribution < 1.29 is 0 Å². The van der Waals surface area contributed by atoms with Crippen LogP contribution in [0, 0.1) is 0 Å². The van der Waals surface area contributed by atoms with Gasteiger partial charge in [-0.3, -0.25) is 9.30 Å². The van der Waals surface area contributed by atoms with Gasteiger partial charge in [-0.05, 0) is 31.0 Å². The largest absolute Gasteiger partial charge is 0.351 e. The lowest BCUT2D eigenvalue weighted by Gasteiger charge is -2.41.